The van der Waals surface area contributed by atoms with Gasteiger partial charge in [-0.05, 0) is 54.7 Å². The second-order valence-electron chi connectivity index (χ2n) is 6.83. The number of amides is 1. The zero-order chi connectivity index (χ0) is 19.6. The van der Waals surface area contributed by atoms with E-state index in [1.807, 2.05) is 18.2 Å². The van der Waals surface area contributed by atoms with Crippen molar-refractivity contribution in [1.29, 1.82) is 0 Å². The number of rotatable bonds is 5. The molecule has 2 aromatic carbocycles. The normalized spacial score (nSPS) is 16.8. The molecule has 3 rings (SSSR count). The van der Waals surface area contributed by atoms with E-state index < -0.39 is 15.8 Å². The maximum atomic E-state index is 13.0. The number of sulfonamides is 1. The Kier molecular flexibility index (Phi) is 5.62. The summed E-state index contributed by atoms with van der Waals surface area (Å²) in [5, 5.41) is 0. The first-order chi connectivity index (χ1) is 12.8. The third kappa shape index (κ3) is 4.04. The molecule has 0 fully saturated rings. The van der Waals surface area contributed by atoms with Crippen LogP contribution in [-0.4, -0.2) is 44.2 Å². The van der Waals surface area contributed by atoms with Gasteiger partial charge in [0.15, 0.2) is 0 Å². The third-order valence-electron chi connectivity index (χ3n) is 5.08. The zero-order valence-corrected chi connectivity index (χ0v) is 16.2. The van der Waals surface area contributed by atoms with Gasteiger partial charge in [-0.1, -0.05) is 24.3 Å². The van der Waals surface area contributed by atoms with Gasteiger partial charge < -0.3 is 4.90 Å². The van der Waals surface area contributed by atoms with Crippen LogP contribution in [0.3, 0.4) is 0 Å². The standard InChI is InChI=1S/C20H23FN2O3S/c1-22(27(25,26)17-12-10-16(21)11-13-17)14-20(24)23(2)19-9-5-7-15-6-3-4-8-18(15)19/h3-4,6,8,10-13,19H,5,7,9,14H2,1-2H3. The topological polar surface area (TPSA) is 57.7 Å². The van der Waals surface area contributed by atoms with Gasteiger partial charge in [-0.15, -0.1) is 0 Å². The summed E-state index contributed by atoms with van der Waals surface area (Å²) in [5.74, 6) is -0.784. The van der Waals surface area contributed by atoms with E-state index in [1.54, 1.807) is 11.9 Å². The lowest BCUT2D eigenvalue weighted by Crippen LogP contribution is -2.41. The van der Waals surface area contributed by atoms with Gasteiger partial charge >= 0.3 is 0 Å². The number of likely N-dealkylation sites (N-methyl/N-ethyl adjacent to an activating group) is 2. The van der Waals surface area contributed by atoms with Gasteiger partial charge in [0.25, 0.3) is 0 Å². The second kappa shape index (κ2) is 7.78. The Morgan fingerprint density at radius 2 is 1.78 bits per heavy atom. The summed E-state index contributed by atoms with van der Waals surface area (Å²) in [5.41, 5.74) is 2.37. The van der Waals surface area contributed by atoms with Crippen LogP contribution in [0, 0.1) is 5.82 Å². The molecule has 1 aliphatic rings. The molecule has 27 heavy (non-hydrogen) atoms. The minimum absolute atomic E-state index is 0.0372. The maximum Gasteiger partial charge on any atom is 0.243 e. The average Bonchev–Trinajstić information content (AvgIpc) is 2.67. The van der Waals surface area contributed by atoms with Crippen molar-refractivity contribution in [3.05, 3.63) is 65.5 Å². The number of nitrogens with zero attached hydrogens (tertiary/aromatic N) is 2. The van der Waals surface area contributed by atoms with E-state index in [4.69, 9.17) is 0 Å². The Hall–Kier alpha value is -2.25. The molecule has 0 bridgehead atoms. The molecule has 5 nitrogen and oxygen atoms in total. The molecule has 0 heterocycles. The van der Waals surface area contributed by atoms with Crippen LogP contribution < -0.4 is 0 Å². The molecule has 2 aromatic rings. The number of benzene rings is 2. The van der Waals surface area contributed by atoms with Gasteiger partial charge in [-0.3, -0.25) is 4.79 Å². The number of hydrogen-bond donors (Lipinski definition) is 0. The molecule has 0 radical (unpaired) electrons. The van der Waals surface area contributed by atoms with Crippen LogP contribution in [0.1, 0.15) is 30.0 Å². The second-order valence-corrected chi connectivity index (χ2v) is 8.87. The maximum absolute atomic E-state index is 13.0. The van der Waals surface area contributed by atoms with Crippen molar-refractivity contribution in [1.82, 2.24) is 9.21 Å². The van der Waals surface area contributed by atoms with Crippen molar-refractivity contribution < 1.29 is 17.6 Å². The molecule has 0 spiro atoms. The zero-order valence-electron chi connectivity index (χ0n) is 15.4. The quantitative estimate of drug-likeness (QED) is 0.789. The number of hydrogen-bond acceptors (Lipinski definition) is 3. The van der Waals surface area contributed by atoms with Gasteiger partial charge in [0.2, 0.25) is 15.9 Å². The minimum atomic E-state index is -3.86. The van der Waals surface area contributed by atoms with Crippen LogP contribution in [-0.2, 0) is 21.2 Å². The number of fused-ring (bicyclic) bond motifs is 1. The summed E-state index contributed by atoms with van der Waals surface area (Å²) in [6, 6.07) is 12.6. The fourth-order valence-corrected chi connectivity index (χ4v) is 4.60. The Morgan fingerprint density at radius 1 is 1.11 bits per heavy atom. The lowest BCUT2D eigenvalue weighted by Gasteiger charge is -2.34. The molecular formula is C20H23FN2O3S. The average molecular weight is 390 g/mol. The van der Waals surface area contributed by atoms with Crippen LogP contribution in [0.5, 0.6) is 0 Å². The molecule has 0 aliphatic heterocycles. The van der Waals surface area contributed by atoms with E-state index in [0.717, 1.165) is 41.3 Å². The van der Waals surface area contributed by atoms with E-state index in [9.17, 15) is 17.6 Å². The predicted molar refractivity (Wildman–Crippen MR) is 101 cm³/mol. The molecule has 0 N–H and O–H groups in total. The van der Waals surface area contributed by atoms with Crippen molar-refractivity contribution >= 4 is 15.9 Å². The highest BCUT2D eigenvalue weighted by atomic mass is 32.2. The number of carbonyl (C=O) groups is 1. The fraction of sp³-hybridized carbons (Fsp3) is 0.350. The van der Waals surface area contributed by atoms with E-state index in [0.29, 0.717) is 0 Å². The molecule has 1 amide bonds. The fourth-order valence-electron chi connectivity index (χ4n) is 3.48. The minimum Gasteiger partial charge on any atom is -0.338 e. The molecule has 0 saturated heterocycles. The van der Waals surface area contributed by atoms with Crippen LogP contribution in [0.15, 0.2) is 53.4 Å². The first kappa shape index (κ1) is 19.5. The van der Waals surface area contributed by atoms with E-state index in [-0.39, 0.29) is 23.4 Å². The first-order valence-electron chi connectivity index (χ1n) is 8.86. The Balaban J connectivity index is 1.74. The number of carbonyl (C=O) groups excluding carboxylic acids is 1. The lowest BCUT2D eigenvalue weighted by molar-refractivity contribution is -0.132. The van der Waals surface area contributed by atoms with Crippen molar-refractivity contribution in [2.75, 3.05) is 20.6 Å². The Morgan fingerprint density at radius 3 is 2.48 bits per heavy atom. The van der Waals surface area contributed by atoms with Gasteiger partial charge in [0.1, 0.15) is 5.82 Å². The highest BCUT2D eigenvalue weighted by Crippen LogP contribution is 2.33. The molecule has 1 atom stereocenters. The highest BCUT2D eigenvalue weighted by Gasteiger charge is 2.29. The van der Waals surface area contributed by atoms with Gasteiger partial charge in [0, 0.05) is 14.1 Å². The third-order valence-corrected chi connectivity index (χ3v) is 6.90. The van der Waals surface area contributed by atoms with Crippen LogP contribution in [0.25, 0.3) is 0 Å². The molecule has 1 unspecified atom stereocenters. The van der Waals surface area contributed by atoms with Crippen LogP contribution in [0.4, 0.5) is 4.39 Å². The van der Waals surface area contributed by atoms with Crippen LogP contribution in [0.2, 0.25) is 0 Å². The molecule has 144 valence electrons. The number of aryl methyl sites for hydroxylation is 1. The molecule has 1 aliphatic carbocycles. The van der Waals surface area contributed by atoms with E-state index >= 15 is 0 Å². The van der Waals surface area contributed by atoms with E-state index in [2.05, 4.69) is 6.07 Å². The largest absolute Gasteiger partial charge is 0.338 e. The smallest absolute Gasteiger partial charge is 0.243 e. The summed E-state index contributed by atoms with van der Waals surface area (Å²) in [7, 11) is -0.780. The molecular weight excluding hydrogens is 367 g/mol. The first-order valence-corrected chi connectivity index (χ1v) is 10.3. The Bertz CT molecular complexity index is 928. The van der Waals surface area contributed by atoms with Crippen molar-refractivity contribution in [2.45, 2.75) is 30.2 Å². The molecule has 0 aromatic heterocycles. The van der Waals surface area contributed by atoms with Crippen molar-refractivity contribution in [3.8, 4) is 0 Å². The lowest BCUT2D eigenvalue weighted by atomic mass is 9.87. The highest BCUT2D eigenvalue weighted by molar-refractivity contribution is 7.89. The Labute approximate surface area is 159 Å². The SMILES string of the molecule is CN(C(=O)CN(C)S(=O)(=O)c1ccc(F)cc1)C1CCCc2ccccc21. The van der Waals surface area contributed by atoms with Crippen molar-refractivity contribution in [3.63, 3.8) is 0 Å². The number of halogens is 1. The van der Waals surface area contributed by atoms with E-state index in [1.165, 1.54) is 24.7 Å². The van der Waals surface area contributed by atoms with Gasteiger partial charge in [-0.25, -0.2) is 12.8 Å². The summed E-state index contributed by atoms with van der Waals surface area (Å²) < 4.78 is 39.3. The van der Waals surface area contributed by atoms with Crippen molar-refractivity contribution in [2.24, 2.45) is 0 Å². The monoisotopic (exact) mass is 390 g/mol. The predicted octanol–water partition coefficient (Wildman–Crippen LogP) is 2.98. The molecule has 0 saturated carbocycles. The molecule has 7 heteroatoms. The summed E-state index contributed by atoms with van der Waals surface area (Å²) in [4.78, 5) is 14.4. The van der Waals surface area contributed by atoms with Gasteiger partial charge in [-0.2, -0.15) is 4.31 Å². The summed E-state index contributed by atoms with van der Waals surface area (Å²) in [6.07, 6.45) is 2.84. The summed E-state index contributed by atoms with van der Waals surface area (Å²) in [6.45, 7) is -0.269. The van der Waals surface area contributed by atoms with Crippen LogP contribution >= 0.6 is 0 Å². The van der Waals surface area contributed by atoms with Gasteiger partial charge in [0.05, 0.1) is 17.5 Å². The summed E-state index contributed by atoms with van der Waals surface area (Å²) >= 11 is 0.